The first-order valence-corrected chi connectivity index (χ1v) is 7.51. The molecule has 0 amide bonds. The Hall–Kier alpha value is -2.51. The molecule has 0 spiro atoms. The normalized spacial score (nSPS) is 11.7. The van der Waals surface area contributed by atoms with Crippen molar-refractivity contribution in [2.45, 2.75) is 32.9 Å². The van der Waals surface area contributed by atoms with Crippen LogP contribution in [0, 0.1) is 31.3 Å². The highest BCUT2D eigenvalue weighted by atomic mass is 19.4. The lowest BCUT2D eigenvalue weighted by atomic mass is 9.90. The Bertz CT molecular complexity index is 871. The highest BCUT2D eigenvalue weighted by molar-refractivity contribution is 5.73. The van der Waals surface area contributed by atoms with Crippen LogP contribution in [0.2, 0.25) is 0 Å². The van der Waals surface area contributed by atoms with E-state index in [1.165, 1.54) is 19.9 Å². The Labute approximate surface area is 145 Å². The number of carbonyl (C=O) groups is 1. The SMILES string of the molecule is Cc1ccc(F)c(C)c1-c1cc(C(F)(F)F)c(F)c(CCC(=O)O)c1F. The largest absolute Gasteiger partial charge is 0.481 e. The van der Waals surface area contributed by atoms with Crippen molar-refractivity contribution < 1.29 is 36.2 Å². The number of halogens is 6. The second kappa shape index (κ2) is 7.01. The molecule has 0 saturated carbocycles. The average molecular weight is 376 g/mol. The molecule has 2 nitrogen and oxygen atoms in total. The second-order valence-corrected chi connectivity index (χ2v) is 5.83. The van der Waals surface area contributed by atoms with E-state index in [1.807, 2.05) is 0 Å². The Morgan fingerprint density at radius 3 is 2.23 bits per heavy atom. The number of alkyl halides is 3. The van der Waals surface area contributed by atoms with E-state index in [4.69, 9.17) is 5.11 Å². The molecule has 2 aromatic carbocycles. The van der Waals surface area contributed by atoms with E-state index >= 15 is 0 Å². The van der Waals surface area contributed by atoms with Crippen molar-refractivity contribution in [1.82, 2.24) is 0 Å². The fraction of sp³-hybridized carbons (Fsp3) is 0.278. The number of rotatable bonds is 4. The molecule has 2 aromatic rings. The van der Waals surface area contributed by atoms with Crippen molar-refractivity contribution in [3.05, 3.63) is 57.9 Å². The van der Waals surface area contributed by atoms with Crippen LogP contribution in [-0.2, 0) is 17.4 Å². The predicted molar refractivity (Wildman–Crippen MR) is 82.2 cm³/mol. The van der Waals surface area contributed by atoms with Crippen molar-refractivity contribution in [3.8, 4) is 11.1 Å². The summed E-state index contributed by atoms with van der Waals surface area (Å²) in [4.78, 5) is 10.7. The zero-order chi connectivity index (χ0) is 19.8. The van der Waals surface area contributed by atoms with E-state index in [2.05, 4.69) is 0 Å². The highest BCUT2D eigenvalue weighted by Crippen LogP contribution is 2.40. The number of carboxylic acid groups (broad SMARTS) is 1. The number of benzene rings is 2. The smallest absolute Gasteiger partial charge is 0.419 e. The first-order valence-electron chi connectivity index (χ1n) is 7.51. The van der Waals surface area contributed by atoms with Crippen LogP contribution < -0.4 is 0 Å². The Balaban J connectivity index is 2.84. The van der Waals surface area contributed by atoms with Gasteiger partial charge < -0.3 is 5.11 Å². The van der Waals surface area contributed by atoms with Gasteiger partial charge in [0.05, 0.1) is 5.56 Å². The molecular formula is C18H14F6O2. The van der Waals surface area contributed by atoms with Gasteiger partial charge in [0.1, 0.15) is 17.5 Å². The molecule has 0 unspecified atom stereocenters. The molecule has 0 aliphatic carbocycles. The van der Waals surface area contributed by atoms with E-state index in [1.54, 1.807) is 0 Å². The molecular weight excluding hydrogens is 362 g/mol. The van der Waals surface area contributed by atoms with E-state index in [9.17, 15) is 31.1 Å². The van der Waals surface area contributed by atoms with E-state index in [-0.39, 0.29) is 11.1 Å². The maximum Gasteiger partial charge on any atom is 0.419 e. The maximum absolute atomic E-state index is 14.8. The summed E-state index contributed by atoms with van der Waals surface area (Å²) in [6, 6.07) is 2.65. The van der Waals surface area contributed by atoms with Crippen LogP contribution in [0.3, 0.4) is 0 Å². The molecule has 0 heterocycles. The van der Waals surface area contributed by atoms with E-state index < -0.39 is 59.1 Å². The molecule has 0 radical (unpaired) electrons. The quantitative estimate of drug-likeness (QED) is 0.723. The van der Waals surface area contributed by atoms with Crippen LogP contribution in [-0.4, -0.2) is 11.1 Å². The molecule has 0 atom stereocenters. The van der Waals surface area contributed by atoms with Crippen molar-refractivity contribution in [1.29, 1.82) is 0 Å². The molecule has 2 rings (SSSR count). The summed E-state index contributed by atoms with van der Waals surface area (Å²) in [5.74, 6) is -5.35. The summed E-state index contributed by atoms with van der Waals surface area (Å²) in [7, 11) is 0. The molecule has 0 saturated heterocycles. The van der Waals surface area contributed by atoms with Crippen LogP contribution in [0.5, 0.6) is 0 Å². The van der Waals surface area contributed by atoms with Gasteiger partial charge in [-0.2, -0.15) is 13.2 Å². The summed E-state index contributed by atoms with van der Waals surface area (Å²) >= 11 is 0. The van der Waals surface area contributed by atoms with Gasteiger partial charge in [0.25, 0.3) is 0 Å². The van der Waals surface area contributed by atoms with Gasteiger partial charge in [-0.15, -0.1) is 0 Å². The number of hydrogen-bond donors (Lipinski definition) is 1. The van der Waals surface area contributed by atoms with Crippen molar-refractivity contribution in [2.24, 2.45) is 0 Å². The fourth-order valence-corrected chi connectivity index (χ4v) is 2.77. The minimum Gasteiger partial charge on any atom is -0.481 e. The third-order valence-electron chi connectivity index (χ3n) is 4.06. The monoisotopic (exact) mass is 376 g/mol. The average Bonchev–Trinajstić information content (AvgIpc) is 2.51. The molecule has 0 bridgehead atoms. The number of hydrogen-bond acceptors (Lipinski definition) is 1. The van der Waals surface area contributed by atoms with E-state index in [0.29, 0.717) is 11.6 Å². The molecule has 0 aromatic heterocycles. The Morgan fingerprint density at radius 1 is 1.08 bits per heavy atom. The highest BCUT2D eigenvalue weighted by Gasteiger charge is 2.37. The van der Waals surface area contributed by atoms with Gasteiger partial charge in [-0.25, -0.2) is 13.2 Å². The van der Waals surface area contributed by atoms with Crippen LogP contribution in [0.25, 0.3) is 11.1 Å². The minimum atomic E-state index is -5.13. The van der Waals surface area contributed by atoms with Crippen molar-refractivity contribution in [2.75, 3.05) is 0 Å². The second-order valence-electron chi connectivity index (χ2n) is 5.83. The fourth-order valence-electron chi connectivity index (χ4n) is 2.77. The van der Waals surface area contributed by atoms with Crippen LogP contribution in [0.4, 0.5) is 26.3 Å². The van der Waals surface area contributed by atoms with Gasteiger partial charge >= 0.3 is 12.1 Å². The number of aliphatic carboxylic acids is 1. The first kappa shape index (κ1) is 19.8. The van der Waals surface area contributed by atoms with Gasteiger partial charge in [-0.1, -0.05) is 6.07 Å². The third kappa shape index (κ3) is 3.68. The van der Waals surface area contributed by atoms with Crippen LogP contribution in [0.15, 0.2) is 18.2 Å². The minimum absolute atomic E-state index is 0.0900. The Morgan fingerprint density at radius 2 is 1.69 bits per heavy atom. The third-order valence-corrected chi connectivity index (χ3v) is 4.06. The van der Waals surface area contributed by atoms with Crippen molar-refractivity contribution in [3.63, 3.8) is 0 Å². The molecule has 0 aliphatic rings. The standard InChI is InChI=1S/C18H14F6O2/c1-8-3-5-13(19)9(2)15(8)11-7-12(18(22,23)24)17(21)10(16(11)20)4-6-14(25)26/h3,5,7H,4,6H2,1-2H3,(H,25,26). The molecule has 140 valence electrons. The zero-order valence-electron chi connectivity index (χ0n) is 13.8. The summed E-state index contributed by atoms with van der Waals surface area (Å²) in [6.45, 7) is 2.72. The summed E-state index contributed by atoms with van der Waals surface area (Å²) < 4.78 is 82.4. The summed E-state index contributed by atoms with van der Waals surface area (Å²) in [6.07, 6.45) is -6.65. The van der Waals surface area contributed by atoms with Crippen LogP contribution in [0.1, 0.15) is 28.7 Å². The molecule has 0 fully saturated rings. The first-order chi connectivity index (χ1) is 11.9. The lowest BCUT2D eigenvalue weighted by Gasteiger charge is -2.18. The molecule has 8 heteroatoms. The number of carboxylic acids is 1. The van der Waals surface area contributed by atoms with E-state index in [0.717, 1.165) is 6.07 Å². The molecule has 0 aliphatic heterocycles. The van der Waals surface area contributed by atoms with Gasteiger partial charge in [0.15, 0.2) is 0 Å². The van der Waals surface area contributed by atoms with Crippen LogP contribution >= 0.6 is 0 Å². The summed E-state index contributed by atoms with van der Waals surface area (Å²) in [5.41, 5.74) is -3.24. The zero-order valence-corrected chi connectivity index (χ0v) is 13.8. The molecule has 1 N–H and O–H groups in total. The van der Waals surface area contributed by atoms with Gasteiger partial charge in [0, 0.05) is 17.5 Å². The topological polar surface area (TPSA) is 37.3 Å². The van der Waals surface area contributed by atoms with Gasteiger partial charge in [0.2, 0.25) is 0 Å². The Kier molecular flexibility index (Phi) is 5.34. The predicted octanol–water partition coefficient (Wildman–Crippen LogP) is 5.42. The maximum atomic E-state index is 14.8. The number of aryl methyl sites for hydroxylation is 1. The van der Waals surface area contributed by atoms with Crippen molar-refractivity contribution >= 4 is 5.97 Å². The van der Waals surface area contributed by atoms with Gasteiger partial charge in [-0.05, 0) is 49.1 Å². The summed E-state index contributed by atoms with van der Waals surface area (Å²) in [5, 5.41) is 8.68. The van der Waals surface area contributed by atoms with Gasteiger partial charge in [-0.3, -0.25) is 4.79 Å². The molecule has 26 heavy (non-hydrogen) atoms. The lowest BCUT2D eigenvalue weighted by molar-refractivity contribution is -0.140. The lowest BCUT2D eigenvalue weighted by Crippen LogP contribution is -2.14.